The third-order valence-electron chi connectivity index (χ3n) is 4.95. The van der Waals surface area contributed by atoms with Gasteiger partial charge in [0.05, 0.1) is 0 Å². The molecule has 3 N–H and O–H groups in total. The highest BCUT2D eigenvalue weighted by molar-refractivity contribution is 5.85. The molecule has 0 bridgehead atoms. The summed E-state index contributed by atoms with van der Waals surface area (Å²) in [6.45, 7) is 1.10. The van der Waals surface area contributed by atoms with Crippen molar-refractivity contribution in [3.63, 3.8) is 0 Å². The van der Waals surface area contributed by atoms with Crippen molar-refractivity contribution in [3.05, 3.63) is 42.6 Å². The molecule has 144 valence electrons. The van der Waals surface area contributed by atoms with Crippen molar-refractivity contribution in [1.29, 1.82) is 0 Å². The molecule has 1 aliphatic carbocycles. The van der Waals surface area contributed by atoms with Gasteiger partial charge in [0, 0.05) is 31.6 Å². The zero-order valence-corrected chi connectivity index (χ0v) is 16.4. The van der Waals surface area contributed by atoms with Gasteiger partial charge in [0.2, 0.25) is 5.91 Å². The van der Waals surface area contributed by atoms with Crippen LogP contribution in [0.1, 0.15) is 44.1 Å². The largest absolute Gasteiger partial charge is 0.352 e. The second-order valence-electron chi connectivity index (χ2n) is 6.71. The maximum Gasteiger partial charge on any atom is 0.220 e. The zero-order valence-electron chi connectivity index (χ0n) is 14.8. The number of hydrogen-bond donors (Lipinski definition) is 2. The predicted octanol–water partition coefficient (Wildman–Crippen LogP) is 3.03. The van der Waals surface area contributed by atoms with E-state index in [1.165, 1.54) is 19.3 Å². The van der Waals surface area contributed by atoms with Crippen LogP contribution >= 0.6 is 24.8 Å². The Morgan fingerprint density at radius 3 is 2.65 bits per heavy atom. The number of halogens is 2. The lowest BCUT2D eigenvalue weighted by Crippen LogP contribution is -2.38. The molecule has 1 fully saturated rings. The Labute approximate surface area is 166 Å². The number of hydrogen-bond acceptors (Lipinski definition) is 4. The lowest BCUT2D eigenvalue weighted by molar-refractivity contribution is -0.124. The summed E-state index contributed by atoms with van der Waals surface area (Å²) in [6.07, 6.45) is 13.3. The van der Waals surface area contributed by atoms with Crippen molar-refractivity contribution >= 4 is 30.7 Å². The third-order valence-corrected chi connectivity index (χ3v) is 4.95. The first-order valence-electron chi connectivity index (χ1n) is 8.61. The molecule has 2 aromatic rings. The summed E-state index contributed by atoms with van der Waals surface area (Å²) in [5, 5.41) is 3.03. The van der Waals surface area contributed by atoms with Crippen LogP contribution in [0.3, 0.4) is 0 Å². The molecule has 3 rings (SSSR count). The number of carbonyl (C=O) groups excluding carboxylic acids is 1. The van der Waals surface area contributed by atoms with Gasteiger partial charge in [-0.15, -0.1) is 24.8 Å². The summed E-state index contributed by atoms with van der Waals surface area (Å²) in [5.41, 5.74) is 6.99. The van der Waals surface area contributed by atoms with E-state index < -0.39 is 0 Å². The van der Waals surface area contributed by atoms with Gasteiger partial charge in [0.15, 0.2) is 0 Å². The van der Waals surface area contributed by atoms with Gasteiger partial charge in [-0.1, -0.05) is 19.3 Å². The smallest absolute Gasteiger partial charge is 0.220 e. The Morgan fingerprint density at radius 1 is 1.23 bits per heavy atom. The van der Waals surface area contributed by atoms with Gasteiger partial charge in [-0.05, 0) is 42.5 Å². The Hall–Kier alpha value is -1.63. The minimum atomic E-state index is 0. The standard InChI is InChI=1S/C18H25N5O.2ClH/c19-13-18(5-2-1-3-6-18)11-17(24)22-12-15-4-7-21-16(10-15)23-9-8-20-14-23;;/h4,7-10,14H,1-3,5-6,11-13,19H2,(H,22,24);2*1H. The number of pyridine rings is 1. The van der Waals surface area contributed by atoms with Crippen LogP contribution in [0.4, 0.5) is 0 Å². The lowest BCUT2D eigenvalue weighted by atomic mass is 9.71. The quantitative estimate of drug-likeness (QED) is 0.781. The zero-order chi connectivity index (χ0) is 16.8. The number of aromatic nitrogens is 3. The number of imidazole rings is 1. The monoisotopic (exact) mass is 399 g/mol. The molecular weight excluding hydrogens is 373 g/mol. The molecule has 0 radical (unpaired) electrons. The van der Waals surface area contributed by atoms with Crippen LogP contribution in [0, 0.1) is 5.41 Å². The van der Waals surface area contributed by atoms with Crippen LogP contribution < -0.4 is 11.1 Å². The molecule has 26 heavy (non-hydrogen) atoms. The highest BCUT2D eigenvalue weighted by Crippen LogP contribution is 2.38. The summed E-state index contributed by atoms with van der Waals surface area (Å²) in [4.78, 5) is 20.7. The van der Waals surface area contributed by atoms with E-state index in [9.17, 15) is 4.79 Å². The average Bonchev–Trinajstić information content (AvgIpc) is 3.16. The Morgan fingerprint density at radius 2 is 2.00 bits per heavy atom. The van der Waals surface area contributed by atoms with Crippen molar-refractivity contribution in [1.82, 2.24) is 19.9 Å². The van der Waals surface area contributed by atoms with Crippen LogP contribution in [-0.4, -0.2) is 27.0 Å². The van der Waals surface area contributed by atoms with Gasteiger partial charge in [0.1, 0.15) is 12.1 Å². The minimum Gasteiger partial charge on any atom is -0.352 e. The number of amides is 1. The van der Waals surface area contributed by atoms with Crippen LogP contribution in [-0.2, 0) is 11.3 Å². The van der Waals surface area contributed by atoms with Crippen LogP contribution in [0.2, 0.25) is 0 Å². The molecule has 2 heterocycles. The number of nitrogens with two attached hydrogens (primary N) is 1. The maximum absolute atomic E-state index is 12.4. The average molecular weight is 400 g/mol. The molecule has 6 nitrogen and oxygen atoms in total. The fourth-order valence-corrected chi connectivity index (χ4v) is 3.46. The van der Waals surface area contributed by atoms with Crippen molar-refractivity contribution in [2.45, 2.75) is 45.1 Å². The van der Waals surface area contributed by atoms with E-state index in [-0.39, 0.29) is 36.1 Å². The van der Waals surface area contributed by atoms with E-state index in [0.717, 1.165) is 24.2 Å². The normalized spacial score (nSPS) is 15.4. The molecule has 2 aromatic heterocycles. The van der Waals surface area contributed by atoms with E-state index in [2.05, 4.69) is 15.3 Å². The van der Waals surface area contributed by atoms with Crippen LogP contribution in [0.5, 0.6) is 0 Å². The van der Waals surface area contributed by atoms with Crippen LogP contribution in [0.25, 0.3) is 5.82 Å². The van der Waals surface area contributed by atoms with Gasteiger partial charge < -0.3 is 11.1 Å². The molecule has 0 aromatic carbocycles. The van der Waals surface area contributed by atoms with Gasteiger partial charge in [-0.3, -0.25) is 9.36 Å². The highest BCUT2D eigenvalue weighted by atomic mass is 35.5. The van der Waals surface area contributed by atoms with Crippen molar-refractivity contribution in [2.24, 2.45) is 11.1 Å². The Balaban J connectivity index is 0.00000169. The molecule has 0 aliphatic heterocycles. The lowest BCUT2D eigenvalue weighted by Gasteiger charge is -2.35. The molecule has 1 aliphatic rings. The summed E-state index contributed by atoms with van der Waals surface area (Å²) in [6, 6.07) is 3.88. The summed E-state index contributed by atoms with van der Waals surface area (Å²) in [7, 11) is 0. The number of carbonyl (C=O) groups is 1. The predicted molar refractivity (Wildman–Crippen MR) is 107 cm³/mol. The molecule has 8 heteroatoms. The first-order valence-corrected chi connectivity index (χ1v) is 8.61. The fraction of sp³-hybridized carbons (Fsp3) is 0.500. The third kappa shape index (κ3) is 5.69. The second kappa shape index (κ2) is 10.5. The topological polar surface area (TPSA) is 85.8 Å². The first kappa shape index (κ1) is 22.4. The maximum atomic E-state index is 12.4. The van der Waals surface area contributed by atoms with E-state index in [1.807, 2.05) is 22.9 Å². The van der Waals surface area contributed by atoms with Crippen molar-refractivity contribution in [3.8, 4) is 5.82 Å². The Kier molecular flexibility index (Phi) is 9.05. The van der Waals surface area contributed by atoms with Crippen molar-refractivity contribution < 1.29 is 4.79 Å². The van der Waals surface area contributed by atoms with E-state index in [1.54, 1.807) is 18.7 Å². The van der Waals surface area contributed by atoms with Gasteiger partial charge in [-0.25, -0.2) is 9.97 Å². The number of nitrogens with one attached hydrogen (secondary N) is 1. The molecule has 1 saturated carbocycles. The Bertz CT molecular complexity index is 672. The van der Waals surface area contributed by atoms with Gasteiger partial charge >= 0.3 is 0 Å². The summed E-state index contributed by atoms with van der Waals surface area (Å²) >= 11 is 0. The van der Waals surface area contributed by atoms with E-state index in [0.29, 0.717) is 19.5 Å². The second-order valence-corrected chi connectivity index (χ2v) is 6.71. The molecule has 0 spiro atoms. The van der Waals surface area contributed by atoms with Crippen molar-refractivity contribution in [2.75, 3.05) is 6.54 Å². The summed E-state index contributed by atoms with van der Waals surface area (Å²) in [5.74, 6) is 0.883. The molecule has 0 atom stereocenters. The summed E-state index contributed by atoms with van der Waals surface area (Å²) < 4.78 is 1.84. The number of nitrogens with zero attached hydrogens (tertiary/aromatic N) is 3. The molecule has 0 unspecified atom stereocenters. The SMILES string of the molecule is Cl.Cl.NCC1(CC(=O)NCc2ccnc(-n3ccnc3)c2)CCCCC1. The first-order chi connectivity index (χ1) is 11.7. The molecule has 0 saturated heterocycles. The number of rotatable bonds is 6. The van der Waals surface area contributed by atoms with E-state index in [4.69, 9.17) is 5.73 Å². The van der Waals surface area contributed by atoms with Gasteiger partial charge in [0.25, 0.3) is 0 Å². The molecular formula is C18H27Cl2N5O. The fourth-order valence-electron chi connectivity index (χ4n) is 3.46. The van der Waals surface area contributed by atoms with Gasteiger partial charge in [-0.2, -0.15) is 0 Å². The molecule has 1 amide bonds. The van der Waals surface area contributed by atoms with Crippen LogP contribution in [0.15, 0.2) is 37.1 Å². The van der Waals surface area contributed by atoms with E-state index >= 15 is 0 Å². The highest BCUT2D eigenvalue weighted by Gasteiger charge is 2.32. The minimum absolute atomic E-state index is 0.